The Morgan fingerprint density at radius 2 is 2.20 bits per heavy atom. The van der Waals surface area contributed by atoms with Gasteiger partial charge in [-0.3, -0.25) is 4.79 Å². The Hall–Kier alpha value is -1.88. The van der Waals surface area contributed by atoms with E-state index in [9.17, 15) is 4.79 Å². The van der Waals surface area contributed by atoms with Crippen LogP contribution in [0.2, 0.25) is 0 Å². The lowest BCUT2D eigenvalue weighted by atomic mass is 9.87. The number of amides is 1. The molecule has 1 aliphatic rings. The topological polar surface area (TPSA) is 43.6 Å². The van der Waals surface area contributed by atoms with Crippen molar-refractivity contribution in [2.45, 2.75) is 52.0 Å². The van der Waals surface area contributed by atoms with E-state index < -0.39 is 0 Å². The van der Waals surface area contributed by atoms with Gasteiger partial charge in [-0.2, -0.15) is 4.99 Å². The first kappa shape index (κ1) is 17.9. The first-order valence-corrected chi connectivity index (χ1v) is 9.97. The highest BCUT2D eigenvalue weighted by molar-refractivity contribution is 7.16. The zero-order valence-electron chi connectivity index (χ0n) is 14.9. The van der Waals surface area contributed by atoms with Crippen molar-refractivity contribution in [3.8, 4) is 5.75 Å². The molecule has 3 rings (SSSR count). The van der Waals surface area contributed by atoms with Crippen LogP contribution in [0.5, 0.6) is 5.75 Å². The number of benzene rings is 1. The van der Waals surface area contributed by atoms with Gasteiger partial charge in [0.2, 0.25) is 5.91 Å². The molecule has 0 radical (unpaired) electrons. The minimum Gasteiger partial charge on any atom is -0.494 e. The van der Waals surface area contributed by atoms with Crippen molar-refractivity contribution in [2.24, 2.45) is 10.9 Å². The Morgan fingerprint density at radius 3 is 2.92 bits per heavy atom. The van der Waals surface area contributed by atoms with E-state index >= 15 is 0 Å². The van der Waals surface area contributed by atoms with Gasteiger partial charge >= 0.3 is 0 Å². The van der Waals surface area contributed by atoms with Crippen LogP contribution in [0, 0.1) is 5.92 Å². The summed E-state index contributed by atoms with van der Waals surface area (Å²) in [6, 6.07) is 6.02. The molecule has 0 N–H and O–H groups in total. The molecule has 1 fully saturated rings. The van der Waals surface area contributed by atoms with E-state index in [1.54, 1.807) is 11.3 Å². The Bertz CT molecular complexity index is 813. The van der Waals surface area contributed by atoms with Gasteiger partial charge in [-0.1, -0.05) is 36.7 Å². The molecule has 0 atom stereocenters. The van der Waals surface area contributed by atoms with E-state index in [1.807, 2.05) is 31.2 Å². The Labute approximate surface area is 152 Å². The highest BCUT2D eigenvalue weighted by Gasteiger charge is 2.17. The monoisotopic (exact) mass is 358 g/mol. The number of nitrogens with zero attached hydrogens (tertiary/aromatic N) is 2. The molecule has 0 spiro atoms. The molecular formula is C20H26N2O2S. The normalized spacial score (nSPS) is 16.3. The van der Waals surface area contributed by atoms with Crippen LogP contribution in [-0.2, 0) is 11.3 Å². The Balaban J connectivity index is 1.91. The van der Waals surface area contributed by atoms with Gasteiger partial charge in [-0.25, -0.2) is 0 Å². The molecule has 0 saturated heterocycles. The number of fused-ring (bicyclic) bond motifs is 1. The smallest absolute Gasteiger partial charge is 0.248 e. The van der Waals surface area contributed by atoms with Crippen molar-refractivity contribution in [1.82, 2.24) is 4.57 Å². The van der Waals surface area contributed by atoms with Gasteiger partial charge < -0.3 is 9.30 Å². The SMILES string of the molecule is C=CCn1c(=NC(=O)CC2CCCCC2)sc2cc(OCC)ccc21. The van der Waals surface area contributed by atoms with Crippen molar-refractivity contribution < 1.29 is 9.53 Å². The second-order valence-corrected chi connectivity index (χ2v) is 7.57. The highest BCUT2D eigenvalue weighted by atomic mass is 32.1. The molecular weight excluding hydrogens is 332 g/mol. The molecule has 0 unspecified atom stereocenters. The number of hydrogen-bond acceptors (Lipinski definition) is 3. The predicted octanol–water partition coefficient (Wildman–Crippen LogP) is 4.69. The maximum atomic E-state index is 12.5. The first-order valence-electron chi connectivity index (χ1n) is 9.16. The number of hydrogen-bond donors (Lipinski definition) is 0. The van der Waals surface area contributed by atoms with Gasteiger partial charge in [0, 0.05) is 13.0 Å². The molecule has 1 aromatic carbocycles. The van der Waals surface area contributed by atoms with E-state index in [-0.39, 0.29) is 5.91 Å². The fourth-order valence-corrected chi connectivity index (χ4v) is 4.58. The van der Waals surface area contributed by atoms with Gasteiger partial charge in [0.15, 0.2) is 4.80 Å². The molecule has 134 valence electrons. The molecule has 5 heteroatoms. The van der Waals surface area contributed by atoms with E-state index in [0.29, 0.717) is 25.5 Å². The van der Waals surface area contributed by atoms with Gasteiger partial charge in [-0.15, -0.1) is 6.58 Å². The minimum atomic E-state index is 0.00120. The quantitative estimate of drug-likeness (QED) is 0.703. The van der Waals surface area contributed by atoms with Crippen LogP contribution in [0.15, 0.2) is 35.8 Å². The third-order valence-electron chi connectivity index (χ3n) is 4.69. The first-order chi connectivity index (χ1) is 12.2. The second-order valence-electron chi connectivity index (χ2n) is 6.56. The molecule has 1 saturated carbocycles. The number of ether oxygens (including phenoxy) is 1. The zero-order chi connectivity index (χ0) is 17.6. The molecule has 25 heavy (non-hydrogen) atoms. The van der Waals surface area contributed by atoms with Crippen molar-refractivity contribution in [3.05, 3.63) is 35.7 Å². The summed E-state index contributed by atoms with van der Waals surface area (Å²) in [5.41, 5.74) is 1.07. The van der Waals surface area contributed by atoms with Gasteiger partial charge in [0.05, 0.1) is 16.8 Å². The van der Waals surface area contributed by atoms with Crippen LogP contribution in [0.25, 0.3) is 10.2 Å². The summed E-state index contributed by atoms with van der Waals surface area (Å²) in [5.74, 6) is 1.36. The fourth-order valence-electron chi connectivity index (χ4n) is 3.49. The van der Waals surface area contributed by atoms with Gasteiger partial charge in [0.25, 0.3) is 0 Å². The average Bonchev–Trinajstić information content (AvgIpc) is 2.93. The summed E-state index contributed by atoms with van der Waals surface area (Å²) >= 11 is 1.54. The number of aromatic nitrogens is 1. The van der Waals surface area contributed by atoms with E-state index in [1.165, 1.54) is 19.3 Å². The van der Waals surface area contributed by atoms with Crippen molar-refractivity contribution in [2.75, 3.05) is 6.61 Å². The van der Waals surface area contributed by atoms with E-state index in [4.69, 9.17) is 4.74 Å². The molecule has 1 heterocycles. The summed E-state index contributed by atoms with van der Waals surface area (Å²) in [4.78, 5) is 17.7. The average molecular weight is 359 g/mol. The lowest BCUT2D eigenvalue weighted by Crippen LogP contribution is -2.18. The fraction of sp³-hybridized carbons (Fsp3) is 0.500. The van der Waals surface area contributed by atoms with Gasteiger partial charge in [-0.05, 0) is 43.9 Å². The van der Waals surface area contributed by atoms with Crippen LogP contribution in [0.3, 0.4) is 0 Å². The highest BCUT2D eigenvalue weighted by Crippen LogP contribution is 2.27. The van der Waals surface area contributed by atoms with Crippen LogP contribution >= 0.6 is 11.3 Å². The Kier molecular flexibility index (Phi) is 6.08. The van der Waals surface area contributed by atoms with Crippen LogP contribution in [0.1, 0.15) is 45.4 Å². The number of carbonyl (C=O) groups is 1. The van der Waals surface area contributed by atoms with Gasteiger partial charge in [0.1, 0.15) is 5.75 Å². The number of rotatable bonds is 6. The number of thiazole rings is 1. The third-order valence-corrected chi connectivity index (χ3v) is 5.73. The van der Waals surface area contributed by atoms with Crippen molar-refractivity contribution in [1.29, 1.82) is 0 Å². The molecule has 0 aliphatic heterocycles. The lowest BCUT2D eigenvalue weighted by Gasteiger charge is -2.19. The molecule has 4 nitrogen and oxygen atoms in total. The summed E-state index contributed by atoms with van der Waals surface area (Å²) in [5, 5.41) is 0. The molecule has 2 aromatic rings. The summed E-state index contributed by atoms with van der Waals surface area (Å²) in [7, 11) is 0. The molecule has 0 bridgehead atoms. The minimum absolute atomic E-state index is 0.00120. The van der Waals surface area contributed by atoms with Crippen molar-refractivity contribution >= 4 is 27.5 Å². The molecule has 1 aromatic heterocycles. The largest absolute Gasteiger partial charge is 0.494 e. The zero-order valence-corrected chi connectivity index (χ0v) is 15.7. The second kappa shape index (κ2) is 8.48. The van der Waals surface area contributed by atoms with Crippen LogP contribution < -0.4 is 9.54 Å². The number of carbonyl (C=O) groups excluding carboxylic acids is 1. The van der Waals surface area contributed by atoms with E-state index in [2.05, 4.69) is 16.1 Å². The van der Waals surface area contributed by atoms with E-state index in [0.717, 1.165) is 33.6 Å². The third kappa shape index (κ3) is 4.40. The summed E-state index contributed by atoms with van der Waals surface area (Å²) in [6.07, 6.45) is 8.55. The maximum Gasteiger partial charge on any atom is 0.248 e. The number of allylic oxidation sites excluding steroid dienone is 1. The summed E-state index contributed by atoms with van der Waals surface area (Å²) < 4.78 is 8.72. The standard InChI is InChI=1S/C20H26N2O2S/c1-3-12-22-17-11-10-16(24-4-2)14-18(17)25-20(22)21-19(23)13-15-8-6-5-7-9-15/h3,10-11,14-15H,1,4-9,12-13H2,2H3. The van der Waals surface area contributed by atoms with Crippen LogP contribution in [-0.4, -0.2) is 17.1 Å². The maximum absolute atomic E-state index is 12.5. The predicted molar refractivity (Wildman–Crippen MR) is 103 cm³/mol. The summed E-state index contributed by atoms with van der Waals surface area (Å²) in [6.45, 7) is 7.09. The lowest BCUT2D eigenvalue weighted by molar-refractivity contribution is -0.119. The van der Waals surface area contributed by atoms with Crippen molar-refractivity contribution in [3.63, 3.8) is 0 Å². The Morgan fingerprint density at radius 1 is 1.40 bits per heavy atom. The molecule has 1 aliphatic carbocycles. The molecule has 1 amide bonds. The van der Waals surface area contributed by atoms with Crippen LogP contribution in [0.4, 0.5) is 0 Å².